The number of hydrogen-bond acceptors (Lipinski definition) is 3. The maximum atomic E-state index is 14.5. The Bertz CT molecular complexity index is 982. The molecule has 2 aromatic carbocycles. The Morgan fingerprint density at radius 2 is 1.96 bits per heavy atom. The zero-order valence-electron chi connectivity index (χ0n) is 16.3. The van der Waals surface area contributed by atoms with Gasteiger partial charge in [-0.25, -0.2) is 9.07 Å². The molecule has 1 heterocycles. The van der Waals surface area contributed by atoms with Gasteiger partial charge < -0.3 is 10.1 Å². The normalized spacial score (nSPS) is 10.7. The van der Waals surface area contributed by atoms with Crippen LogP contribution in [-0.2, 0) is 11.2 Å². The summed E-state index contributed by atoms with van der Waals surface area (Å²) in [7, 11) is 0. The van der Waals surface area contributed by atoms with Crippen molar-refractivity contribution >= 4 is 11.6 Å². The molecular weight excluding hydrogens is 357 g/mol. The third-order valence-electron chi connectivity index (χ3n) is 4.36. The van der Waals surface area contributed by atoms with Gasteiger partial charge in [-0.3, -0.25) is 4.79 Å². The van der Waals surface area contributed by atoms with Crippen molar-refractivity contribution in [3.05, 3.63) is 71.3 Å². The molecule has 0 unspecified atom stereocenters. The van der Waals surface area contributed by atoms with Crippen LogP contribution in [0.4, 0.5) is 10.1 Å². The molecule has 0 atom stereocenters. The summed E-state index contributed by atoms with van der Waals surface area (Å²) in [6.45, 7) is 6.23. The van der Waals surface area contributed by atoms with Gasteiger partial charge in [0.2, 0.25) is 5.91 Å². The molecule has 0 aliphatic heterocycles. The van der Waals surface area contributed by atoms with Gasteiger partial charge in [0, 0.05) is 17.8 Å². The Balaban J connectivity index is 1.65. The summed E-state index contributed by atoms with van der Waals surface area (Å²) < 4.78 is 21.7. The first kappa shape index (κ1) is 19.6. The van der Waals surface area contributed by atoms with E-state index in [4.69, 9.17) is 4.74 Å². The standard InChI is InChI=1S/C22H24FN3O2/c1-4-28-21-8-6-5-7-17(21)9-12-22(27)24-18-10-11-20(19(23)14-18)26-16(3)13-15(2)25-26/h5-8,10-11,13-14H,4,9,12H2,1-3H3,(H,24,27). The van der Waals surface area contributed by atoms with Crippen molar-refractivity contribution in [1.82, 2.24) is 9.78 Å². The molecule has 0 radical (unpaired) electrons. The van der Waals surface area contributed by atoms with E-state index in [-0.39, 0.29) is 12.3 Å². The second kappa shape index (κ2) is 8.69. The molecule has 6 heteroatoms. The van der Waals surface area contributed by atoms with Gasteiger partial charge in [0.15, 0.2) is 5.82 Å². The van der Waals surface area contributed by atoms with E-state index in [1.165, 1.54) is 6.07 Å². The summed E-state index contributed by atoms with van der Waals surface area (Å²) in [4.78, 5) is 12.3. The Morgan fingerprint density at radius 3 is 2.64 bits per heavy atom. The fourth-order valence-electron chi connectivity index (χ4n) is 3.11. The van der Waals surface area contributed by atoms with Gasteiger partial charge in [0.25, 0.3) is 0 Å². The molecule has 5 nitrogen and oxygen atoms in total. The number of nitrogens with one attached hydrogen (secondary N) is 1. The summed E-state index contributed by atoms with van der Waals surface area (Å²) >= 11 is 0. The lowest BCUT2D eigenvalue weighted by molar-refractivity contribution is -0.116. The summed E-state index contributed by atoms with van der Waals surface area (Å²) in [5.41, 5.74) is 3.42. The highest BCUT2D eigenvalue weighted by molar-refractivity contribution is 5.91. The van der Waals surface area contributed by atoms with Crippen molar-refractivity contribution < 1.29 is 13.9 Å². The van der Waals surface area contributed by atoms with Crippen molar-refractivity contribution in [2.75, 3.05) is 11.9 Å². The highest BCUT2D eigenvalue weighted by Crippen LogP contribution is 2.22. The van der Waals surface area contributed by atoms with Crippen molar-refractivity contribution in [3.8, 4) is 11.4 Å². The molecule has 1 amide bonds. The average molecular weight is 381 g/mol. The topological polar surface area (TPSA) is 56.1 Å². The number of benzene rings is 2. The van der Waals surface area contributed by atoms with Crippen LogP contribution in [0.5, 0.6) is 5.75 Å². The van der Waals surface area contributed by atoms with E-state index in [1.54, 1.807) is 16.8 Å². The van der Waals surface area contributed by atoms with Crippen molar-refractivity contribution in [2.24, 2.45) is 0 Å². The van der Waals surface area contributed by atoms with Gasteiger partial charge in [0.05, 0.1) is 12.3 Å². The number of rotatable bonds is 7. The molecule has 0 aliphatic rings. The minimum Gasteiger partial charge on any atom is -0.494 e. The van der Waals surface area contributed by atoms with Crippen LogP contribution < -0.4 is 10.1 Å². The zero-order chi connectivity index (χ0) is 20.1. The number of amides is 1. The second-order valence-electron chi connectivity index (χ2n) is 6.59. The first-order valence-electron chi connectivity index (χ1n) is 9.31. The quantitative estimate of drug-likeness (QED) is 0.651. The third kappa shape index (κ3) is 4.57. The van der Waals surface area contributed by atoms with Crippen molar-refractivity contribution in [2.45, 2.75) is 33.6 Å². The Morgan fingerprint density at radius 1 is 1.18 bits per heavy atom. The van der Waals surface area contributed by atoms with Crippen molar-refractivity contribution in [3.63, 3.8) is 0 Å². The van der Waals surface area contributed by atoms with Crippen LogP contribution in [0.2, 0.25) is 0 Å². The van der Waals surface area contributed by atoms with Crippen LogP contribution in [0.1, 0.15) is 30.3 Å². The predicted octanol–water partition coefficient (Wildman–Crippen LogP) is 4.60. The molecule has 0 fully saturated rings. The lowest BCUT2D eigenvalue weighted by Gasteiger charge is -2.11. The molecule has 0 bridgehead atoms. The van der Waals surface area contributed by atoms with E-state index in [1.807, 2.05) is 51.1 Å². The van der Waals surface area contributed by atoms with Crippen LogP contribution in [0.3, 0.4) is 0 Å². The minimum atomic E-state index is -0.439. The van der Waals surface area contributed by atoms with Gasteiger partial charge in [-0.1, -0.05) is 18.2 Å². The van der Waals surface area contributed by atoms with Crippen LogP contribution in [0, 0.1) is 19.7 Å². The smallest absolute Gasteiger partial charge is 0.224 e. The summed E-state index contributed by atoms with van der Waals surface area (Å²) in [5.74, 6) is 0.174. The molecule has 0 aliphatic carbocycles. The average Bonchev–Trinajstić information content (AvgIpc) is 2.99. The lowest BCUT2D eigenvalue weighted by atomic mass is 10.1. The van der Waals surface area contributed by atoms with Gasteiger partial charge in [-0.15, -0.1) is 0 Å². The monoisotopic (exact) mass is 381 g/mol. The summed E-state index contributed by atoms with van der Waals surface area (Å²) in [6.07, 6.45) is 0.833. The summed E-state index contributed by atoms with van der Waals surface area (Å²) in [5, 5.41) is 7.05. The maximum Gasteiger partial charge on any atom is 0.224 e. The van der Waals surface area contributed by atoms with Crippen molar-refractivity contribution in [1.29, 1.82) is 0 Å². The molecule has 3 aromatic rings. The van der Waals surface area contributed by atoms with Crippen LogP contribution in [0.15, 0.2) is 48.5 Å². The number of anilines is 1. The maximum absolute atomic E-state index is 14.5. The number of aryl methyl sites for hydroxylation is 3. The Hall–Kier alpha value is -3.15. The Kier molecular flexibility index (Phi) is 6.09. The zero-order valence-corrected chi connectivity index (χ0v) is 16.3. The number of carbonyl (C=O) groups excluding carboxylic acids is 1. The van der Waals surface area contributed by atoms with E-state index >= 15 is 0 Å². The van der Waals surface area contributed by atoms with E-state index in [2.05, 4.69) is 10.4 Å². The number of ether oxygens (including phenoxy) is 1. The molecule has 28 heavy (non-hydrogen) atoms. The predicted molar refractivity (Wildman–Crippen MR) is 108 cm³/mol. The number of hydrogen-bond donors (Lipinski definition) is 1. The largest absolute Gasteiger partial charge is 0.494 e. The first-order valence-corrected chi connectivity index (χ1v) is 9.31. The Labute approximate surface area is 164 Å². The molecule has 3 rings (SSSR count). The van der Waals surface area contributed by atoms with E-state index in [9.17, 15) is 9.18 Å². The van der Waals surface area contributed by atoms with Crippen LogP contribution >= 0.6 is 0 Å². The fourth-order valence-corrected chi connectivity index (χ4v) is 3.11. The molecule has 146 valence electrons. The van der Waals surface area contributed by atoms with Gasteiger partial charge in [0.1, 0.15) is 11.4 Å². The van der Waals surface area contributed by atoms with E-state index in [0.717, 1.165) is 22.7 Å². The molecule has 0 saturated heterocycles. The third-order valence-corrected chi connectivity index (χ3v) is 4.36. The fraction of sp³-hybridized carbons (Fsp3) is 0.273. The molecule has 1 N–H and O–H groups in total. The van der Waals surface area contributed by atoms with E-state index in [0.29, 0.717) is 24.4 Å². The number of carbonyl (C=O) groups is 1. The van der Waals surface area contributed by atoms with Gasteiger partial charge in [-0.2, -0.15) is 5.10 Å². The van der Waals surface area contributed by atoms with Crippen LogP contribution in [0.25, 0.3) is 5.69 Å². The molecule has 1 aromatic heterocycles. The number of aromatic nitrogens is 2. The highest BCUT2D eigenvalue weighted by Gasteiger charge is 2.12. The number of nitrogens with zero attached hydrogens (tertiary/aromatic N) is 2. The SMILES string of the molecule is CCOc1ccccc1CCC(=O)Nc1ccc(-n2nc(C)cc2C)c(F)c1. The van der Waals surface area contributed by atoms with Gasteiger partial charge in [-0.05, 0) is 63.1 Å². The molecule has 0 spiro atoms. The molecule has 0 saturated carbocycles. The number of para-hydroxylation sites is 1. The second-order valence-corrected chi connectivity index (χ2v) is 6.59. The first-order chi connectivity index (χ1) is 13.5. The highest BCUT2D eigenvalue weighted by atomic mass is 19.1. The summed E-state index contributed by atoms with van der Waals surface area (Å²) in [6, 6.07) is 14.2. The molecular formula is C22H24FN3O2. The lowest BCUT2D eigenvalue weighted by Crippen LogP contribution is -2.13. The minimum absolute atomic E-state index is 0.176. The van der Waals surface area contributed by atoms with Crippen LogP contribution in [-0.4, -0.2) is 22.3 Å². The number of halogens is 1. The van der Waals surface area contributed by atoms with E-state index < -0.39 is 5.82 Å². The van der Waals surface area contributed by atoms with Gasteiger partial charge >= 0.3 is 0 Å².